The van der Waals surface area contributed by atoms with E-state index in [2.05, 4.69) is 26.4 Å². The second-order valence-corrected chi connectivity index (χ2v) is 17.6. The highest BCUT2D eigenvalue weighted by atomic mass is 19.4. The van der Waals surface area contributed by atoms with Crippen molar-refractivity contribution in [2.75, 3.05) is 0 Å². The van der Waals surface area contributed by atoms with Gasteiger partial charge in [-0.3, -0.25) is 0 Å². The normalized spacial score (nSPS) is 11.2. The van der Waals surface area contributed by atoms with Gasteiger partial charge >= 0.3 is 6.18 Å². The molecule has 0 spiro atoms. The van der Waals surface area contributed by atoms with Gasteiger partial charge in [0.1, 0.15) is 0 Å². The summed E-state index contributed by atoms with van der Waals surface area (Å²) in [5.74, 6) is 1.13. The molecule has 0 atom stereocenters. The van der Waals surface area contributed by atoms with Gasteiger partial charge in [-0.25, -0.2) is 24.6 Å². The van der Waals surface area contributed by atoms with Crippen LogP contribution in [0.15, 0.2) is 194 Å². The third-order valence-corrected chi connectivity index (χ3v) is 13.0. The molecule has 9 aromatic carbocycles. The molecule has 0 amide bonds. The summed E-state index contributed by atoms with van der Waals surface area (Å²) in [5.41, 5.74) is 10.2. The maximum absolute atomic E-state index is 14.9. The molecule has 0 N–H and O–H groups in total. The van der Waals surface area contributed by atoms with Gasteiger partial charge in [-0.2, -0.15) is 23.7 Å². The van der Waals surface area contributed by atoms with E-state index in [1.807, 2.05) is 140 Å². The Bertz CT molecular complexity index is 4060. The van der Waals surface area contributed by atoms with Gasteiger partial charge < -0.3 is 4.57 Å². The van der Waals surface area contributed by atoms with E-state index in [9.17, 15) is 23.7 Å². The van der Waals surface area contributed by atoms with E-state index < -0.39 is 11.7 Å². The van der Waals surface area contributed by atoms with Crippen molar-refractivity contribution >= 4 is 33.2 Å². The second-order valence-electron chi connectivity index (χ2n) is 17.6. The third kappa shape index (κ3) is 8.43. The molecule has 348 valence electrons. The first-order valence-corrected chi connectivity index (χ1v) is 23.2. The highest BCUT2D eigenvalue weighted by molar-refractivity contribution is 6.13. The van der Waals surface area contributed by atoms with E-state index >= 15 is 0 Å². The number of hydrogen-bond acceptors (Lipinski definition) is 5. The molecule has 0 saturated heterocycles. The van der Waals surface area contributed by atoms with Crippen molar-refractivity contribution in [3.63, 3.8) is 0 Å². The van der Waals surface area contributed by atoms with Crippen LogP contribution < -0.4 is 0 Å². The van der Waals surface area contributed by atoms with Crippen LogP contribution in [0.3, 0.4) is 0 Å². The van der Waals surface area contributed by atoms with Crippen LogP contribution in [0.4, 0.5) is 24.5 Å². The summed E-state index contributed by atoms with van der Waals surface area (Å²) in [6, 6.07) is 62.1. The maximum atomic E-state index is 14.9. The molecule has 8 nitrogen and oxygen atoms in total. The predicted molar refractivity (Wildman–Crippen MR) is 284 cm³/mol. The minimum absolute atomic E-state index is 0.285. The lowest BCUT2D eigenvalue weighted by Gasteiger charge is -2.22. The highest BCUT2D eigenvalue weighted by Gasteiger charge is 2.32. The minimum atomic E-state index is -4.67. The van der Waals surface area contributed by atoms with E-state index in [-0.39, 0.29) is 5.56 Å². The fourth-order valence-electron chi connectivity index (χ4n) is 9.54. The monoisotopic (exact) mass is 960 g/mol. The zero-order valence-electron chi connectivity index (χ0n) is 39.2. The van der Waals surface area contributed by atoms with Crippen LogP contribution in [0.5, 0.6) is 0 Å². The van der Waals surface area contributed by atoms with Crippen LogP contribution in [0, 0.1) is 42.7 Å². The number of aryl methyl sites for hydroxylation is 1. The van der Waals surface area contributed by atoms with Gasteiger partial charge in [0.2, 0.25) is 0 Å². The molecule has 74 heavy (non-hydrogen) atoms. The van der Waals surface area contributed by atoms with Crippen LogP contribution in [0.1, 0.15) is 22.3 Å². The molecule has 11 rings (SSSR count). The standard InChI is InChI=1S/C63H35F3N8/c1-38-12-10-17-42(28-38)52-34-46(62-72-60(40-13-6-4-7-14-40)71-61(73-62)41-15-8-5-9-16-41)35-53(43-18-11-19-48(30-43)63(64,65)66)59(52)74-57-26-21-44(50-25-23-49(69-2)31-47(50)37-68)32-54(57)55-33-45(22-27-58(55)74)51-24-20-39(36-67)29-56(51)70-3/h4-35H,1H3. The summed E-state index contributed by atoms with van der Waals surface area (Å²) in [7, 11) is 0. The Hall–Kier alpha value is -10.5. The van der Waals surface area contributed by atoms with Gasteiger partial charge in [0.15, 0.2) is 28.8 Å². The van der Waals surface area contributed by atoms with Crippen molar-refractivity contribution in [2.45, 2.75) is 13.1 Å². The fourth-order valence-corrected chi connectivity index (χ4v) is 9.54. The Balaban J connectivity index is 1.28. The van der Waals surface area contributed by atoms with E-state index in [1.165, 1.54) is 6.07 Å². The Morgan fingerprint density at radius 2 is 1.01 bits per heavy atom. The molecule has 0 aliphatic heterocycles. The first-order chi connectivity index (χ1) is 36.0. The van der Waals surface area contributed by atoms with Gasteiger partial charge in [-0.1, -0.05) is 133 Å². The Morgan fingerprint density at radius 3 is 1.57 bits per heavy atom. The number of halogens is 3. The summed E-state index contributed by atoms with van der Waals surface area (Å²) >= 11 is 0. The van der Waals surface area contributed by atoms with Crippen LogP contribution >= 0.6 is 0 Å². The molecule has 0 saturated carbocycles. The fraction of sp³-hybridized carbons (Fsp3) is 0.0317. The molecular weight excluding hydrogens is 926 g/mol. The molecular formula is C63H35F3N8. The number of benzene rings is 9. The summed E-state index contributed by atoms with van der Waals surface area (Å²) in [4.78, 5) is 22.4. The van der Waals surface area contributed by atoms with Crippen molar-refractivity contribution in [1.82, 2.24) is 19.5 Å². The number of nitrogens with zero attached hydrogens (tertiary/aromatic N) is 8. The summed E-state index contributed by atoms with van der Waals surface area (Å²) < 4.78 is 46.7. The van der Waals surface area contributed by atoms with E-state index in [1.54, 1.807) is 42.5 Å². The number of alkyl halides is 3. The van der Waals surface area contributed by atoms with Crippen molar-refractivity contribution < 1.29 is 13.2 Å². The summed E-state index contributed by atoms with van der Waals surface area (Å²) in [6.45, 7) is 17.6. The Morgan fingerprint density at radius 1 is 0.473 bits per heavy atom. The lowest BCUT2D eigenvalue weighted by atomic mass is 9.91. The lowest BCUT2D eigenvalue weighted by Crippen LogP contribution is -2.06. The quantitative estimate of drug-likeness (QED) is 0.141. The van der Waals surface area contributed by atoms with Crippen LogP contribution in [-0.4, -0.2) is 19.5 Å². The van der Waals surface area contributed by atoms with Crippen molar-refractivity contribution in [3.8, 4) is 96.5 Å². The van der Waals surface area contributed by atoms with E-state index in [0.717, 1.165) is 45.2 Å². The molecule has 0 fully saturated rings. The largest absolute Gasteiger partial charge is 0.416 e. The van der Waals surface area contributed by atoms with Gasteiger partial charge in [-0.05, 0) is 107 Å². The molecule has 2 aromatic heterocycles. The van der Waals surface area contributed by atoms with Crippen molar-refractivity contribution in [2.24, 2.45) is 0 Å². The predicted octanol–water partition coefficient (Wildman–Crippen LogP) is 16.8. The number of aromatic nitrogens is 4. The average molecular weight is 961 g/mol. The second kappa shape index (κ2) is 18.7. The zero-order chi connectivity index (χ0) is 51.1. The SMILES string of the molecule is [C-]#[N+]c1ccc(-c2ccc3c(c2)c2cc(-c4ccc(C#N)cc4[N+]#[C-])ccc2n3-c2c(-c3cccc(C)c3)cc(-c3nc(-c4ccccc4)nc(-c4ccccc4)n3)cc2-c2cccc(C(F)(F)F)c2)c(C#N)c1. The van der Waals surface area contributed by atoms with Crippen LogP contribution in [0.25, 0.3) is 116 Å². The summed E-state index contributed by atoms with van der Waals surface area (Å²) in [6.07, 6.45) is -4.67. The smallest absolute Gasteiger partial charge is 0.308 e. The van der Waals surface area contributed by atoms with E-state index in [4.69, 9.17) is 28.1 Å². The number of nitriles is 2. The van der Waals surface area contributed by atoms with Crippen LogP contribution in [-0.2, 0) is 6.18 Å². The lowest BCUT2D eigenvalue weighted by molar-refractivity contribution is -0.137. The Kier molecular flexibility index (Phi) is 11.6. The molecule has 0 radical (unpaired) electrons. The molecule has 0 bridgehead atoms. The number of rotatable bonds is 8. The van der Waals surface area contributed by atoms with Crippen LogP contribution in [0.2, 0.25) is 0 Å². The van der Waals surface area contributed by atoms with Gasteiger partial charge in [-0.15, -0.1) is 0 Å². The maximum Gasteiger partial charge on any atom is 0.416 e. The molecule has 11 heteroatoms. The van der Waals surface area contributed by atoms with Crippen molar-refractivity contribution in [3.05, 3.63) is 239 Å². The van der Waals surface area contributed by atoms with Crippen molar-refractivity contribution in [1.29, 1.82) is 10.5 Å². The van der Waals surface area contributed by atoms with Gasteiger partial charge in [0.05, 0.1) is 47.6 Å². The van der Waals surface area contributed by atoms with Gasteiger partial charge in [0.25, 0.3) is 0 Å². The molecule has 0 unspecified atom stereocenters. The molecule has 11 aromatic rings. The van der Waals surface area contributed by atoms with E-state index in [0.29, 0.717) is 95.6 Å². The minimum Gasteiger partial charge on any atom is -0.308 e. The number of hydrogen-bond donors (Lipinski definition) is 0. The molecule has 2 heterocycles. The summed E-state index contributed by atoms with van der Waals surface area (Å²) in [5, 5.41) is 21.5. The number of fused-ring (bicyclic) bond motifs is 3. The first kappa shape index (κ1) is 46.0. The zero-order valence-corrected chi connectivity index (χ0v) is 39.2. The Labute approximate surface area is 423 Å². The average Bonchev–Trinajstić information content (AvgIpc) is 3.76. The van der Waals surface area contributed by atoms with Gasteiger partial charge in [0, 0.05) is 49.7 Å². The highest BCUT2D eigenvalue weighted by Crippen LogP contribution is 2.47. The first-order valence-electron chi connectivity index (χ1n) is 23.2. The third-order valence-electron chi connectivity index (χ3n) is 13.0. The molecule has 0 aliphatic rings. The topological polar surface area (TPSA) is 99.9 Å². The molecule has 0 aliphatic carbocycles.